The van der Waals surface area contributed by atoms with Crippen molar-refractivity contribution >= 4 is 38.2 Å². The molecule has 10 heteroatoms. The lowest BCUT2D eigenvalue weighted by Gasteiger charge is -2.21. The van der Waals surface area contributed by atoms with Gasteiger partial charge < -0.3 is 14.8 Å². The summed E-state index contributed by atoms with van der Waals surface area (Å²) in [5, 5.41) is 10.6. The summed E-state index contributed by atoms with van der Waals surface area (Å²) in [7, 11) is -2.26. The lowest BCUT2D eigenvalue weighted by molar-refractivity contribution is 0.0518. The number of anilines is 2. The number of nitrogens with zero attached hydrogens (tertiary/aromatic N) is 2. The summed E-state index contributed by atoms with van der Waals surface area (Å²) in [5.74, 6) is 0.155. The van der Waals surface area contributed by atoms with Crippen LogP contribution in [0.1, 0.15) is 43.7 Å². The SMILES string of the molecule is CCOC(=O)c1[nH]nc(Nc2ccnc3cc(OC)c(S(=O)(=O)C(C)(C)C)cc23)c1C. The van der Waals surface area contributed by atoms with Gasteiger partial charge in [-0.3, -0.25) is 10.1 Å². The summed E-state index contributed by atoms with van der Waals surface area (Å²) in [4.78, 5) is 16.5. The van der Waals surface area contributed by atoms with Gasteiger partial charge in [-0.25, -0.2) is 13.2 Å². The largest absolute Gasteiger partial charge is 0.495 e. The number of methoxy groups -OCH3 is 1. The molecular weight excluding hydrogens is 420 g/mol. The first-order valence-electron chi connectivity index (χ1n) is 9.71. The number of carbonyl (C=O) groups excluding carboxylic acids is 1. The molecule has 0 fully saturated rings. The first-order chi connectivity index (χ1) is 14.5. The fraction of sp³-hybridized carbons (Fsp3) is 0.381. The number of esters is 1. The van der Waals surface area contributed by atoms with E-state index in [1.54, 1.807) is 59.0 Å². The van der Waals surface area contributed by atoms with Crippen LogP contribution in [0.3, 0.4) is 0 Å². The number of benzene rings is 1. The van der Waals surface area contributed by atoms with Gasteiger partial charge in [-0.1, -0.05) is 0 Å². The first kappa shape index (κ1) is 22.5. The predicted octanol–water partition coefficient (Wildman–Crippen LogP) is 3.77. The second-order valence-corrected chi connectivity index (χ2v) is 10.6. The third-order valence-corrected chi connectivity index (χ3v) is 7.38. The average Bonchev–Trinajstić information content (AvgIpc) is 3.06. The van der Waals surface area contributed by atoms with Crippen molar-refractivity contribution in [3.63, 3.8) is 0 Å². The standard InChI is InChI=1S/C21H26N4O5S/c1-7-30-20(26)18-12(2)19(25-24-18)23-14-8-9-22-15-11-16(29-6)17(10-13(14)15)31(27,28)21(3,4)5/h8-11H,7H2,1-6H3,(H2,22,23,24,25). The van der Waals surface area contributed by atoms with E-state index >= 15 is 0 Å². The summed E-state index contributed by atoms with van der Waals surface area (Å²) in [6.45, 7) is 8.63. The highest BCUT2D eigenvalue weighted by atomic mass is 32.2. The maximum atomic E-state index is 13.2. The average molecular weight is 447 g/mol. The van der Waals surface area contributed by atoms with Crippen LogP contribution in [-0.4, -0.2) is 48.0 Å². The van der Waals surface area contributed by atoms with Gasteiger partial charge in [0, 0.05) is 23.2 Å². The summed E-state index contributed by atoms with van der Waals surface area (Å²) in [6.07, 6.45) is 1.59. The molecule has 0 saturated heterocycles. The zero-order valence-electron chi connectivity index (χ0n) is 18.4. The first-order valence-corrected chi connectivity index (χ1v) is 11.2. The Morgan fingerprint density at radius 3 is 2.58 bits per heavy atom. The molecule has 0 aliphatic heterocycles. The smallest absolute Gasteiger partial charge is 0.356 e. The zero-order chi connectivity index (χ0) is 23.0. The number of carbonyl (C=O) groups is 1. The summed E-state index contributed by atoms with van der Waals surface area (Å²) in [6, 6.07) is 4.86. The minimum Gasteiger partial charge on any atom is -0.495 e. The van der Waals surface area contributed by atoms with Crippen molar-refractivity contribution in [1.29, 1.82) is 0 Å². The minimum absolute atomic E-state index is 0.0806. The number of H-pyrrole nitrogens is 1. The predicted molar refractivity (Wildman–Crippen MR) is 118 cm³/mol. The number of sulfone groups is 1. The fourth-order valence-electron chi connectivity index (χ4n) is 3.01. The molecule has 9 nitrogen and oxygen atoms in total. The molecule has 2 aromatic heterocycles. The number of ether oxygens (including phenoxy) is 2. The molecule has 0 radical (unpaired) electrons. The van der Waals surface area contributed by atoms with E-state index in [2.05, 4.69) is 20.5 Å². The van der Waals surface area contributed by atoms with E-state index in [0.717, 1.165) is 0 Å². The van der Waals surface area contributed by atoms with Crippen molar-refractivity contribution in [3.8, 4) is 5.75 Å². The topological polar surface area (TPSA) is 123 Å². The molecule has 0 spiro atoms. The van der Waals surface area contributed by atoms with Gasteiger partial charge in [-0.15, -0.1) is 0 Å². The number of aromatic nitrogens is 3. The molecule has 0 amide bonds. The van der Waals surface area contributed by atoms with Crippen LogP contribution in [0.15, 0.2) is 29.3 Å². The van der Waals surface area contributed by atoms with Gasteiger partial charge in [-0.05, 0) is 46.8 Å². The third-order valence-electron chi connectivity index (χ3n) is 4.86. The van der Waals surface area contributed by atoms with Crippen LogP contribution < -0.4 is 10.1 Å². The Balaban J connectivity index is 2.13. The second-order valence-electron chi connectivity index (χ2n) is 7.91. The van der Waals surface area contributed by atoms with E-state index in [9.17, 15) is 13.2 Å². The Hall–Kier alpha value is -3.14. The van der Waals surface area contributed by atoms with Crippen molar-refractivity contribution in [3.05, 3.63) is 35.7 Å². The molecule has 0 unspecified atom stereocenters. The molecule has 3 rings (SSSR count). The molecule has 1 aromatic carbocycles. The van der Waals surface area contributed by atoms with Gasteiger partial charge in [0.15, 0.2) is 15.7 Å². The summed E-state index contributed by atoms with van der Waals surface area (Å²) < 4.78 is 35.7. The minimum atomic E-state index is -3.69. The highest BCUT2D eigenvalue weighted by Gasteiger charge is 2.34. The Labute approximate surface area is 181 Å². The van der Waals surface area contributed by atoms with E-state index in [1.807, 2.05) is 0 Å². The molecule has 0 atom stereocenters. The number of rotatable bonds is 6. The Morgan fingerprint density at radius 1 is 1.26 bits per heavy atom. The van der Waals surface area contributed by atoms with Crippen LogP contribution in [0, 0.1) is 6.92 Å². The fourth-order valence-corrected chi connectivity index (χ4v) is 4.35. The number of hydrogen-bond acceptors (Lipinski definition) is 8. The van der Waals surface area contributed by atoms with E-state index in [-0.39, 0.29) is 22.9 Å². The van der Waals surface area contributed by atoms with Gasteiger partial charge >= 0.3 is 5.97 Å². The van der Waals surface area contributed by atoms with Crippen LogP contribution in [0.4, 0.5) is 11.5 Å². The summed E-state index contributed by atoms with van der Waals surface area (Å²) >= 11 is 0. The molecule has 0 aliphatic rings. The van der Waals surface area contributed by atoms with Gasteiger partial charge in [-0.2, -0.15) is 5.10 Å². The number of aromatic amines is 1. The lowest BCUT2D eigenvalue weighted by atomic mass is 10.1. The molecule has 0 saturated carbocycles. The molecule has 2 N–H and O–H groups in total. The van der Waals surface area contributed by atoms with Gasteiger partial charge in [0.1, 0.15) is 16.3 Å². The van der Waals surface area contributed by atoms with Gasteiger partial charge in [0.2, 0.25) is 0 Å². The van der Waals surface area contributed by atoms with Gasteiger partial charge in [0.25, 0.3) is 0 Å². The van der Waals surface area contributed by atoms with Crippen LogP contribution in [0.5, 0.6) is 5.75 Å². The lowest BCUT2D eigenvalue weighted by Crippen LogP contribution is -2.28. The van der Waals surface area contributed by atoms with E-state index in [4.69, 9.17) is 9.47 Å². The molecule has 166 valence electrons. The number of nitrogens with one attached hydrogen (secondary N) is 2. The Bertz CT molecular complexity index is 1240. The van der Waals surface area contributed by atoms with Crippen LogP contribution in [0.25, 0.3) is 10.9 Å². The van der Waals surface area contributed by atoms with E-state index < -0.39 is 20.6 Å². The van der Waals surface area contributed by atoms with Crippen molar-refractivity contribution in [1.82, 2.24) is 15.2 Å². The van der Waals surface area contributed by atoms with Crippen LogP contribution >= 0.6 is 0 Å². The third kappa shape index (κ3) is 4.07. The van der Waals surface area contributed by atoms with Crippen molar-refractivity contribution in [2.45, 2.75) is 44.3 Å². The van der Waals surface area contributed by atoms with Crippen LogP contribution in [-0.2, 0) is 14.6 Å². The zero-order valence-corrected chi connectivity index (χ0v) is 19.2. The van der Waals surface area contributed by atoms with E-state index in [1.165, 1.54) is 7.11 Å². The maximum Gasteiger partial charge on any atom is 0.356 e. The van der Waals surface area contributed by atoms with Gasteiger partial charge in [0.05, 0.1) is 29.7 Å². The highest BCUT2D eigenvalue weighted by molar-refractivity contribution is 7.92. The molecule has 3 aromatic rings. The normalized spacial score (nSPS) is 12.1. The monoisotopic (exact) mass is 446 g/mol. The second kappa shape index (κ2) is 8.18. The van der Waals surface area contributed by atoms with Crippen molar-refractivity contribution < 1.29 is 22.7 Å². The maximum absolute atomic E-state index is 13.2. The van der Waals surface area contributed by atoms with Crippen molar-refractivity contribution in [2.75, 3.05) is 19.0 Å². The highest BCUT2D eigenvalue weighted by Crippen LogP contribution is 2.37. The number of pyridine rings is 1. The number of fused-ring (bicyclic) bond motifs is 1. The molecule has 0 aliphatic carbocycles. The Kier molecular flexibility index (Phi) is 5.95. The quantitative estimate of drug-likeness (QED) is 0.549. The molecule has 2 heterocycles. The van der Waals surface area contributed by atoms with Crippen LogP contribution in [0.2, 0.25) is 0 Å². The van der Waals surface area contributed by atoms with E-state index in [0.29, 0.717) is 28.0 Å². The molecule has 31 heavy (non-hydrogen) atoms. The molecule has 0 bridgehead atoms. The Morgan fingerprint density at radius 2 is 1.97 bits per heavy atom. The van der Waals surface area contributed by atoms with Crippen molar-refractivity contribution in [2.24, 2.45) is 0 Å². The number of hydrogen-bond donors (Lipinski definition) is 2. The molecular formula is C21H26N4O5S. The summed E-state index contributed by atoms with van der Waals surface area (Å²) in [5.41, 5.74) is 1.97.